The number of aryl methyl sites for hydroxylation is 1. The molecule has 0 saturated carbocycles. The van der Waals surface area contributed by atoms with Crippen molar-refractivity contribution >= 4 is 11.9 Å². The average Bonchev–Trinajstić information content (AvgIpc) is 3.16. The number of hydrogen-bond acceptors (Lipinski definition) is 6. The number of cyclic esters (lactones) is 1. The molecule has 3 heterocycles. The molecule has 22 heavy (non-hydrogen) atoms. The molecule has 1 aromatic rings. The Balaban J connectivity index is 1.65. The van der Waals surface area contributed by atoms with E-state index >= 15 is 0 Å². The number of ether oxygens (including phenoxy) is 1. The number of hydrogen-bond donors (Lipinski definition) is 0. The quantitative estimate of drug-likeness (QED) is 0.763. The Kier molecular flexibility index (Phi) is 4.15. The second kappa shape index (κ2) is 6.08. The number of aromatic nitrogens is 1. The van der Waals surface area contributed by atoms with Gasteiger partial charge in [0.1, 0.15) is 11.8 Å². The van der Waals surface area contributed by atoms with Crippen molar-refractivity contribution in [3.8, 4) is 0 Å². The minimum Gasteiger partial charge on any atom is -0.464 e. The SMILES string of the molecule is CC(=O)N(Cc1ncc(C)o1)[C@H]1CCN([C@H]2CCOC2=O)C1. The fourth-order valence-electron chi connectivity index (χ4n) is 3.24. The van der Waals surface area contributed by atoms with Gasteiger partial charge in [-0.1, -0.05) is 0 Å². The third kappa shape index (κ3) is 2.99. The lowest BCUT2D eigenvalue weighted by atomic mass is 10.2. The fraction of sp³-hybridized carbons (Fsp3) is 0.667. The van der Waals surface area contributed by atoms with Gasteiger partial charge in [0.05, 0.1) is 19.3 Å². The van der Waals surface area contributed by atoms with Gasteiger partial charge in [0.25, 0.3) is 0 Å². The summed E-state index contributed by atoms with van der Waals surface area (Å²) in [7, 11) is 0. The van der Waals surface area contributed by atoms with Crippen molar-refractivity contribution in [3.63, 3.8) is 0 Å². The Morgan fingerprint density at radius 1 is 1.50 bits per heavy atom. The van der Waals surface area contributed by atoms with Gasteiger partial charge in [0, 0.05) is 32.5 Å². The molecule has 0 aliphatic carbocycles. The molecule has 2 saturated heterocycles. The number of carbonyl (C=O) groups is 2. The molecular formula is C15H21N3O4. The van der Waals surface area contributed by atoms with E-state index in [9.17, 15) is 9.59 Å². The van der Waals surface area contributed by atoms with Crippen LogP contribution in [0, 0.1) is 6.92 Å². The van der Waals surface area contributed by atoms with Crippen LogP contribution >= 0.6 is 0 Å². The maximum absolute atomic E-state index is 12.0. The highest BCUT2D eigenvalue weighted by atomic mass is 16.5. The maximum Gasteiger partial charge on any atom is 0.323 e. The Bertz CT molecular complexity index is 571. The molecule has 2 fully saturated rings. The Hall–Kier alpha value is -1.89. The van der Waals surface area contributed by atoms with Crippen molar-refractivity contribution in [2.45, 2.75) is 45.3 Å². The topological polar surface area (TPSA) is 75.9 Å². The van der Waals surface area contributed by atoms with Crippen LogP contribution < -0.4 is 0 Å². The predicted molar refractivity (Wildman–Crippen MR) is 76.8 cm³/mol. The average molecular weight is 307 g/mol. The molecule has 2 aliphatic rings. The Morgan fingerprint density at radius 2 is 2.32 bits per heavy atom. The van der Waals surface area contributed by atoms with Gasteiger partial charge in [-0.15, -0.1) is 0 Å². The van der Waals surface area contributed by atoms with E-state index in [1.54, 1.807) is 18.0 Å². The number of rotatable bonds is 4. The van der Waals surface area contributed by atoms with Gasteiger partial charge in [-0.05, 0) is 13.3 Å². The van der Waals surface area contributed by atoms with Gasteiger partial charge in [-0.3, -0.25) is 14.5 Å². The number of oxazole rings is 1. The predicted octanol–water partition coefficient (Wildman–Crippen LogP) is 0.721. The second-order valence-electron chi connectivity index (χ2n) is 5.92. The smallest absolute Gasteiger partial charge is 0.323 e. The molecule has 2 atom stereocenters. The van der Waals surface area contributed by atoms with Crippen LogP contribution in [-0.4, -0.2) is 58.4 Å². The zero-order chi connectivity index (χ0) is 15.7. The van der Waals surface area contributed by atoms with E-state index in [2.05, 4.69) is 9.88 Å². The van der Waals surface area contributed by atoms with Crippen LogP contribution in [0.3, 0.4) is 0 Å². The molecule has 0 unspecified atom stereocenters. The van der Waals surface area contributed by atoms with Gasteiger partial charge >= 0.3 is 5.97 Å². The monoisotopic (exact) mass is 307 g/mol. The van der Waals surface area contributed by atoms with E-state index in [1.165, 1.54) is 0 Å². The maximum atomic E-state index is 12.0. The lowest BCUT2D eigenvalue weighted by Crippen LogP contribution is -2.43. The van der Waals surface area contributed by atoms with Crippen LogP contribution in [0.5, 0.6) is 0 Å². The summed E-state index contributed by atoms with van der Waals surface area (Å²) in [6.07, 6.45) is 3.25. The lowest BCUT2D eigenvalue weighted by molar-refractivity contribution is -0.142. The van der Waals surface area contributed by atoms with E-state index in [0.717, 1.165) is 25.1 Å². The summed E-state index contributed by atoms with van der Waals surface area (Å²) in [5, 5.41) is 0. The third-order valence-corrected chi connectivity index (χ3v) is 4.36. The molecular weight excluding hydrogens is 286 g/mol. The number of amides is 1. The fourth-order valence-corrected chi connectivity index (χ4v) is 3.24. The van der Waals surface area contributed by atoms with Crippen molar-refractivity contribution in [1.29, 1.82) is 0 Å². The molecule has 0 radical (unpaired) electrons. The summed E-state index contributed by atoms with van der Waals surface area (Å²) in [6, 6.07) is -0.0686. The Labute approximate surface area is 129 Å². The molecule has 0 bridgehead atoms. The van der Waals surface area contributed by atoms with Crippen molar-refractivity contribution in [2.24, 2.45) is 0 Å². The van der Waals surface area contributed by atoms with Gasteiger partial charge < -0.3 is 14.1 Å². The van der Waals surface area contributed by atoms with Crippen LogP contribution in [0.1, 0.15) is 31.4 Å². The highest BCUT2D eigenvalue weighted by molar-refractivity contribution is 5.77. The number of nitrogens with zero attached hydrogens (tertiary/aromatic N) is 3. The zero-order valence-corrected chi connectivity index (χ0v) is 12.9. The summed E-state index contributed by atoms with van der Waals surface area (Å²) >= 11 is 0. The minimum absolute atomic E-state index is 0.00305. The van der Waals surface area contributed by atoms with E-state index in [-0.39, 0.29) is 24.0 Å². The summed E-state index contributed by atoms with van der Waals surface area (Å²) < 4.78 is 10.5. The molecule has 120 valence electrons. The van der Waals surface area contributed by atoms with E-state index in [1.807, 2.05) is 6.92 Å². The molecule has 7 heteroatoms. The van der Waals surface area contributed by atoms with E-state index in [0.29, 0.717) is 25.6 Å². The summed E-state index contributed by atoms with van der Waals surface area (Å²) in [5.41, 5.74) is 0. The lowest BCUT2D eigenvalue weighted by Gasteiger charge is -2.27. The van der Waals surface area contributed by atoms with Crippen LogP contribution in [-0.2, 0) is 20.9 Å². The molecule has 1 aromatic heterocycles. The first-order chi connectivity index (χ1) is 10.5. The highest BCUT2D eigenvalue weighted by Crippen LogP contribution is 2.24. The van der Waals surface area contributed by atoms with E-state index < -0.39 is 0 Å². The van der Waals surface area contributed by atoms with Crippen LogP contribution in [0.4, 0.5) is 0 Å². The first-order valence-electron chi connectivity index (χ1n) is 7.64. The standard InChI is InChI=1S/C15H21N3O4/c1-10-7-16-14(22-10)9-18(11(2)19)12-3-5-17(8-12)13-4-6-21-15(13)20/h7,12-13H,3-6,8-9H2,1-2H3/t12-,13-/m0/s1. The summed E-state index contributed by atoms with van der Waals surface area (Å²) in [5.74, 6) is 1.14. The molecule has 0 N–H and O–H groups in total. The van der Waals surface area contributed by atoms with Gasteiger partial charge in [0.2, 0.25) is 11.8 Å². The largest absolute Gasteiger partial charge is 0.464 e. The van der Waals surface area contributed by atoms with Crippen LogP contribution in [0.2, 0.25) is 0 Å². The first-order valence-corrected chi connectivity index (χ1v) is 7.64. The van der Waals surface area contributed by atoms with Crippen LogP contribution in [0.15, 0.2) is 10.6 Å². The number of esters is 1. The molecule has 0 spiro atoms. The Morgan fingerprint density at radius 3 is 2.91 bits per heavy atom. The molecule has 2 aliphatic heterocycles. The molecule has 0 aromatic carbocycles. The van der Waals surface area contributed by atoms with Crippen molar-refractivity contribution in [1.82, 2.24) is 14.8 Å². The number of likely N-dealkylation sites (tertiary alicyclic amines) is 1. The van der Waals surface area contributed by atoms with Crippen LogP contribution in [0.25, 0.3) is 0 Å². The van der Waals surface area contributed by atoms with Gasteiger partial charge in [0.15, 0.2) is 0 Å². The molecule has 3 rings (SSSR count). The third-order valence-electron chi connectivity index (χ3n) is 4.36. The first kappa shape index (κ1) is 15.0. The highest BCUT2D eigenvalue weighted by Gasteiger charge is 2.39. The summed E-state index contributed by atoms with van der Waals surface area (Å²) in [4.78, 5) is 31.8. The summed E-state index contributed by atoms with van der Waals surface area (Å²) in [6.45, 7) is 5.76. The van der Waals surface area contributed by atoms with Gasteiger partial charge in [-0.2, -0.15) is 0 Å². The second-order valence-corrected chi connectivity index (χ2v) is 5.92. The normalized spacial score (nSPS) is 25.5. The minimum atomic E-state index is -0.150. The van der Waals surface area contributed by atoms with Crippen molar-refractivity contribution in [3.05, 3.63) is 17.8 Å². The van der Waals surface area contributed by atoms with Crippen molar-refractivity contribution in [2.75, 3.05) is 19.7 Å². The zero-order valence-electron chi connectivity index (χ0n) is 12.9. The van der Waals surface area contributed by atoms with Gasteiger partial charge in [-0.25, -0.2) is 4.98 Å². The van der Waals surface area contributed by atoms with Crippen molar-refractivity contribution < 1.29 is 18.7 Å². The molecule has 7 nitrogen and oxygen atoms in total. The molecule has 1 amide bonds. The van der Waals surface area contributed by atoms with E-state index in [4.69, 9.17) is 9.15 Å². The number of carbonyl (C=O) groups excluding carboxylic acids is 2.